The zero-order valence-electron chi connectivity index (χ0n) is 13.9. The summed E-state index contributed by atoms with van der Waals surface area (Å²) in [6.07, 6.45) is 0.574. The molecule has 4 nitrogen and oxygen atoms in total. The minimum atomic E-state index is -0.155. The minimum Gasteiger partial charge on any atom is -0.504 e. The Morgan fingerprint density at radius 2 is 1.81 bits per heavy atom. The standard InChI is InChI=1S/C20H18ClNO3S/c21-15-5-1-3-14-4-2-6-18(20(14)15)26-12-19(25)22-10-9-13-7-8-16(23)17(24)11-13/h1-8,11,23-24H,9-10,12H2,(H,22,25). The van der Waals surface area contributed by atoms with Gasteiger partial charge in [0.25, 0.3) is 0 Å². The Labute approximate surface area is 160 Å². The highest BCUT2D eigenvalue weighted by Crippen LogP contribution is 2.33. The summed E-state index contributed by atoms with van der Waals surface area (Å²) < 4.78 is 0. The number of hydrogen-bond donors (Lipinski definition) is 3. The molecule has 0 saturated carbocycles. The number of carbonyl (C=O) groups excluding carboxylic acids is 1. The van der Waals surface area contributed by atoms with E-state index in [-0.39, 0.29) is 17.4 Å². The summed E-state index contributed by atoms with van der Waals surface area (Å²) in [7, 11) is 0. The highest BCUT2D eigenvalue weighted by atomic mass is 35.5. The van der Waals surface area contributed by atoms with Crippen LogP contribution >= 0.6 is 23.4 Å². The summed E-state index contributed by atoms with van der Waals surface area (Å²) in [4.78, 5) is 13.1. The van der Waals surface area contributed by atoms with Gasteiger partial charge >= 0.3 is 0 Å². The van der Waals surface area contributed by atoms with Crippen molar-refractivity contribution in [3.8, 4) is 11.5 Å². The van der Waals surface area contributed by atoms with Crippen LogP contribution in [0.5, 0.6) is 11.5 Å². The molecule has 0 aliphatic rings. The SMILES string of the molecule is O=C(CSc1cccc2cccc(Cl)c12)NCCc1ccc(O)c(O)c1. The molecule has 3 aromatic carbocycles. The van der Waals surface area contributed by atoms with Crippen LogP contribution in [-0.4, -0.2) is 28.4 Å². The quantitative estimate of drug-likeness (QED) is 0.434. The number of thioether (sulfide) groups is 1. The number of rotatable bonds is 6. The lowest BCUT2D eigenvalue weighted by Crippen LogP contribution is -2.27. The van der Waals surface area contributed by atoms with Crippen molar-refractivity contribution in [3.63, 3.8) is 0 Å². The largest absolute Gasteiger partial charge is 0.504 e. The van der Waals surface area contributed by atoms with E-state index in [0.29, 0.717) is 23.7 Å². The van der Waals surface area contributed by atoms with E-state index in [4.69, 9.17) is 11.6 Å². The molecule has 0 aliphatic carbocycles. The second kappa shape index (κ2) is 8.34. The van der Waals surface area contributed by atoms with E-state index in [1.54, 1.807) is 6.07 Å². The second-order valence-electron chi connectivity index (χ2n) is 5.81. The molecule has 0 heterocycles. The predicted molar refractivity (Wildman–Crippen MR) is 106 cm³/mol. The number of carbonyl (C=O) groups is 1. The fourth-order valence-corrected chi connectivity index (χ4v) is 3.92. The van der Waals surface area contributed by atoms with Crippen molar-refractivity contribution in [2.45, 2.75) is 11.3 Å². The van der Waals surface area contributed by atoms with Gasteiger partial charge in [0, 0.05) is 21.8 Å². The van der Waals surface area contributed by atoms with Gasteiger partial charge in [0.2, 0.25) is 5.91 Å². The number of phenolic OH excluding ortho intramolecular Hbond substituents is 2. The van der Waals surface area contributed by atoms with Gasteiger partial charge in [0.15, 0.2) is 11.5 Å². The molecule has 134 valence electrons. The Balaban J connectivity index is 1.54. The fraction of sp³-hybridized carbons (Fsp3) is 0.150. The van der Waals surface area contributed by atoms with Crippen molar-refractivity contribution in [1.82, 2.24) is 5.32 Å². The fourth-order valence-electron chi connectivity index (χ4n) is 2.65. The van der Waals surface area contributed by atoms with Gasteiger partial charge in [-0.3, -0.25) is 4.79 Å². The molecule has 3 aromatic rings. The van der Waals surface area contributed by atoms with E-state index in [1.165, 1.54) is 23.9 Å². The van der Waals surface area contributed by atoms with Gasteiger partial charge in [-0.1, -0.05) is 41.9 Å². The first-order valence-corrected chi connectivity index (χ1v) is 9.48. The van der Waals surface area contributed by atoms with Gasteiger partial charge in [-0.25, -0.2) is 0 Å². The summed E-state index contributed by atoms with van der Waals surface area (Å²) in [6, 6.07) is 16.3. The number of nitrogens with one attached hydrogen (secondary N) is 1. The van der Waals surface area contributed by atoms with Crippen LogP contribution in [0.1, 0.15) is 5.56 Å². The molecule has 3 rings (SSSR count). The van der Waals surface area contributed by atoms with Crippen molar-refractivity contribution in [1.29, 1.82) is 0 Å². The van der Waals surface area contributed by atoms with E-state index in [2.05, 4.69) is 5.32 Å². The first-order valence-electron chi connectivity index (χ1n) is 8.12. The smallest absolute Gasteiger partial charge is 0.230 e. The molecular formula is C20H18ClNO3S. The average molecular weight is 388 g/mol. The summed E-state index contributed by atoms with van der Waals surface area (Å²) in [5.74, 6) is -0.0762. The van der Waals surface area contributed by atoms with Crippen LogP contribution in [0.3, 0.4) is 0 Å². The topological polar surface area (TPSA) is 69.6 Å². The van der Waals surface area contributed by atoms with Gasteiger partial charge in [-0.05, 0) is 41.6 Å². The van der Waals surface area contributed by atoms with Crippen molar-refractivity contribution in [2.75, 3.05) is 12.3 Å². The third-order valence-electron chi connectivity index (χ3n) is 3.95. The zero-order valence-corrected chi connectivity index (χ0v) is 15.5. The normalized spacial score (nSPS) is 10.8. The predicted octanol–water partition coefficient (Wildman–Crippen LogP) is 4.36. The molecule has 26 heavy (non-hydrogen) atoms. The monoisotopic (exact) mass is 387 g/mol. The Kier molecular flexibility index (Phi) is 5.91. The molecule has 0 spiro atoms. The molecular weight excluding hydrogens is 370 g/mol. The molecule has 0 aromatic heterocycles. The number of halogens is 1. The zero-order chi connectivity index (χ0) is 18.5. The van der Waals surface area contributed by atoms with Gasteiger partial charge in [0.1, 0.15) is 0 Å². The van der Waals surface area contributed by atoms with E-state index in [9.17, 15) is 15.0 Å². The Bertz CT molecular complexity index is 940. The first kappa shape index (κ1) is 18.4. The molecule has 3 N–H and O–H groups in total. The number of fused-ring (bicyclic) bond motifs is 1. The maximum atomic E-state index is 12.1. The van der Waals surface area contributed by atoms with E-state index in [1.807, 2.05) is 36.4 Å². The highest BCUT2D eigenvalue weighted by Gasteiger charge is 2.08. The maximum absolute atomic E-state index is 12.1. The lowest BCUT2D eigenvalue weighted by Gasteiger charge is -2.09. The summed E-state index contributed by atoms with van der Waals surface area (Å²) in [6.45, 7) is 0.458. The highest BCUT2D eigenvalue weighted by molar-refractivity contribution is 8.00. The molecule has 6 heteroatoms. The van der Waals surface area contributed by atoms with Gasteiger partial charge in [0.05, 0.1) is 5.75 Å². The number of hydrogen-bond acceptors (Lipinski definition) is 4. The van der Waals surface area contributed by atoms with Crippen LogP contribution in [0.25, 0.3) is 10.8 Å². The van der Waals surface area contributed by atoms with E-state index >= 15 is 0 Å². The van der Waals surface area contributed by atoms with Crippen molar-refractivity contribution in [3.05, 3.63) is 65.2 Å². The molecule has 0 radical (unpaired) electrons. The lowest BCUT2D eigenvalue weighted by atomic mass is 10.1. The Hall–Kier alpha value is -2.37. The number of aromatic hydroxyl groups is 2. The molecule has 0 aliphatic heterocycles. The maximum Gasteiger partial charge on any atom is 0.230 e. The summed E-state index contributed by atoms with van der Waals surface area (Å²) in [5.41, 5.74) is 0.842. The number of phenols is 2. The lowest BCUT2D eigenvalue weighted by molar-refractivity contribution is -0.118. The Morgan fingerprint density at radius 1 is 1.04 bits per heavy atom. The number of benzene rings is 3. The second-order valence-corrected chi connectivity index (χ2v) is 7.23. The molecule has 0 fully saturated rings. The van der Waals surface area contributed by atoms with Crippen LogP contribution in [0, 0.1) is 0 Å². The van der Waals surface area contributed by atoms with Crippen molar-refractivity contribution >= 4 is 40.0 Å². The van der Waals surface area contributed by atoms with Crippen LogP contribution < -0.4 is 5.32 Å². The third kappa shape index (κ3) is 4.42. The molecule has 0 atom stereocenters. The molecule has 0 saturated heterocycles. The van der Waals surface area contributed by atoms with Gasteiger partial charge in [-0.2, -0.15) is 0 Å². The van der Waals surface area contributed by atoms with Crippen LogP contribution in [0.2, 0.25) is 5.02 Å². The van der Waals surface area contributed by atoms with Crippen molar-refractivity contribution in [2.24, 2.45) is 0 Å². The van der Waals surface area contributed by atoms with Gasteiger partial charge < -0.3 is 15.5 Å². The first-order chi connectivity index (χ1) is 12.5. The Morgan fingerprint density at radius 3 is 2.58 bits per heavy atom. The summed E-state index contributed by atoms with van der Waals surface area (Å²) >= 11 is 7.75. The minimum absolute atomic E-state index is 0.0675. The third-order valence-corrected chi connectivity index (χ3v) is 5.32. The van der Waals surface area contributed by atoms with Gasteiger partial charge in [-0.15, -0.1) is 11.8 Å². The molecule has 0 unspecified atom stereocenters. The average Bonchev–Trinajstić information content (AvgIpc) is 2.63. The van der Waals surface area contributed by atoms with Crippen LogP contribution in [0.4, 0.5) is 0 Å². The van der Waals surface area contributed by atoms with Crippen molar-refractivity contribution < 1.29 is 15.0 Å². The molecule has 0 bridgehead atoms. The molecule has 1 amide bonds. The van der Waals surface area contributed by atoms with E-state index < -0.39 is 0 Å². The van der Waals surface area contributed by atoms with Crippen LogP contribution in [-0.2, 0) is 11.2 Å². The number of amides is 1. The van der Waals surface area contributed by atoms with Crippen LogP contribution in [0.15, 0.2) is 59.5 Å². The van der Waals surface area contributed by atoms with E-state index in [0.717, 1.165) is 21.2 Å². The summed E-state index contributed by atoms with van der Waals surface area (Å²) in [5, 5.41) is 24.3.